The first-order valence-electron chi connectivity index (χ1n) is 6.31. The van der Waals surface area contributed by atoms with Crippen molar-refractivity contribution in [2.24, 2.45) is 15.4 Å². The SMILES string of the molecule is Oc1[nH]c2cc(Cl)ccc2c1C=c1ccc2c(c1)N=NN=2. The number of aromatic nitrogens is 1. The van der Waals surface area contributed by atoms with Gasteiger partial charge >= 0.3 is 0 Å². The topological polar surface area (TPSA) is 73.1 Å². The molecule has 0 aliphatic carbocycles. The quantitative estimate of drug-likeness (QED) is 0.712. The Bertz CT molecular complexity index is 1020. The summed E-state index contributed by atoms with van der Waals surface area (Å²) in [7, 11) is 0. The summed E-state index contributed by atoms with van der Waals surface area (Å²) in [6.07, 6.45) is 1.89. The molecule has 5 nitrogen and oxygen atoms in total. The van der Waals surface area contributed by atoms with Crippen LogP contribution in [0.3, 0.4) is 0 Å². The molecule has 1 aliphatic heterocycles. The van der Waals surface area contributed by atoms with Gasteiger partial charge in [0.2, 0.25) is 0 Å². The van der Waals surface area contributed by atoms with Crippen LogP contribution in [-0.4, -0.2) is 10.1 Å². The lowest BCUT2D eigenvalue weighted by molar-refractivity contribution is 0.457. The molecule has 3 aromatic rings. The second kappa shape index (κ2) is 4.43. The molecule has 0 spiro atoms. The van der Waals surface area contributed by atoms with Gasteiger partial charge in [-0.3, -0.25) is 0 Å². The standard InChI is InChI=1S/C15H9ClN4O/c16-9-2-3-10-11(15(21)17-13(10)7-9)5-8-1-4-12-14(6-8)19-20-18-12/h1-7,17,21H. The number of H-pyrrole nitrogens is 1. The van der Waals surface area contributed by atoms with Gasteiger partial charge in [-0.05, 0) is 40.8 Å². The normalized spacial score (nSPS) is 13.7. The Balaban J connectivity index is 1.95. The fourth-order valence-electron chi connectivity index (χ4n) is 2.40. The van der Waals surface area contributed by atoms with Gasteiger partial charge in [0, 0.05) is 16.0 Å². The van der Waals surface area contributed by atoms with Crippen molar-refractivity contribution in [1.82, 2.24) is 4.98 Å². The van der Waals surface area contributed by atoms with Gasteiger partial charge in [-0.2, -0.15) is 0 Å². The molecule has 0 atom stereocenters. The van der Waals surface area contributed by atoms with E-state index in [1.54, 1.807) is 12.1 Å². The zero-order chi connectivity index (χ0) is 14.4. The first-order valence-corrected chi connectivity index (χ1v) is 6.69. The lowest BCUT2D eigenvalue weighted by Crippen LogP contribution is -2.06. The number of nitrogens with one attached hydrogen (secondary N) is 1. The summed E-state index contributed by atoms with van der Waals surface area (Å²) in [6.45, 7) is 0. The molecule has 4 rings (SSSR count). The van der Waals surface area contributed by atoms with E-state index in [0.29, 0.717) is 10.6 Å². The molecular formula is C15H9ClN4O. The molecule has 0 bridgehead atoms. The van der Waals surface area contributed by atoms with Crippen molar-refractivity contribution >= 4 is 34.3 Å². The molecule has 1 aromatic heterocycles. The number of benzene rings is 2. The Kier molecular flexibility index (Phi) is 2.55. The Hall–Kier alpha value is -2.66. The van der Waals surface area contributed by atoms with Gasteiger partial charge in [0.15, 0.2) is 5.88 Å². The predicted molar refractivity (Wildman–Crippen MR) is 80.3 cm³/mol. The molecule has 0 radical (unpaired) electrons. The number of hydrogen-bond acceptors (Lipinski definition) is 4. The largest absolute Gasteiger partial charge is 0.494 e. The van der Waals surface area contributed by atoms with Crippen molar-refractivity contribution in [1.29, 1.82) is 0 Å². The van der Waals surface area contributed by atoms with E-state index in [1.165, 1.54) is 0 Å². The van der Waals surface area contributed by atoms with Gasteiger partial charge in [-0.15, -0.1) is 10.2 Å². The summed E-state index contributed by atoms with van der Waals surface area (Å²) in [5, 5.41) is 24.7. The molecule has 102 valence electrons. The van der Waals surface area contributed by atoms with Gasteiger partial charge in [-0.25, -0.2) is 0 Å². The van der Waals surface area contributed by atoms with Crippen LogP contribution in [0.1, 0.15) is 5.56 Å². The molecule has 2 aromatic carbocycles. The maximum Gasteiger partial charge on any atom is 0.196 e. The fraction of sp³-hybridized carbons (Fsp3) is 0. The molecule has 0 amide bonds. The maximum atomic E-state index is 10.1. The third-order valence-electron chi connectivity index (χ3n) is 3.40. The van der Waals surface area contributed by atoms with Crippen LogP contribution in [-0.2, 0) is 0 Å². The van der Waals surface area contributed by atoms with Gasteiger partial charge < -0.3 is 10.1 Å². The number of halogens is 1. The lowest BCUT2D eigenvalue weighted by Gasteiger charge is -1.94. The molecule has 0 fully saturated rings. The number of aromatic amines is 1. The lowest BCUT2D eigenvalue weighted by atomic mass is 10.1. The molecule has 0 saturated heterocycles. The average molecular weight is 297 g/mol. The molecule has 6 heteroatoms. The predicted octanol–water partition coefficient (Wildman–Crippen LogP) is 2.99. The maximum absolute atomic E-state index is 10.1. The molecule has 1 aliphatic rings. The minimum Gasteiger partial charge on any atom is -0.494 e. The van der Waals surface area contributed by atoms with Gasteiger partial charge in [-0.1, -0.05) is 23.7 Å². The highest BCUT2D eigenvalue weighted by atomic mass is 35.5. The molecule has 0 saturated carbocycles. The van der Waals surface area contributed by atoms with Crippen LogP contribution in [0.25, 0.3) is 17.0 Å². The highest BCUT2D eigenvalue weighted by molar-refractivity contribution is 6.31. The summed E-state index contributed by atoms with van der Waals surface area (Å²) in [5.74, 6) is 0.110. The summed E-state index contributed by atoms with van der Waals surface area (Å²) >= 11 is 5.96. The fourth-order valence-corrected chi connectivity index (χ4v) is 2.58. The van der Waals surface area contributed by atoms with E-state index in [-0.39, 0.29) is 5.88 Å². The molecule has 0 unspecified atom stereocenters. The van der Waals surface area contributed by atoms with Crippen LogP contribution in [0.15, 0.2) is 51.8 Å². The Morgan fingerprint density at radius 1 is 1.14 bits per heavy atom. The minimum absolute atomic E-state index is 0.110. The summed E-state index contributed by atoms with van der Waals surface area (Å²) in [4.78, 5) is 2.92. The third kappa shape index (κ3) is 1.98. The number of rotatable bonds is 1. The Labute approximate surface area is 123 Å². The van der Waals surface area contributed by atoms with Crippen LogP contribution in [0.5, 0.6) is 5.88 Å². The minimum atomic E-state index is 0.110. The van der Waals surface area contributed by atoms with Crippen molar-refractivity contribution in [2.75, 3.05) is 0 Å². The Morgan fingerprint density at radius 3 is 2.95 bits per heavy atom. The summed E-state index contributed by atoms with van der Waals surface area (Å²) < 4.78 is 0. The number of nitrogens with zero attached hydrogens (tertiary/aromatic N) is 3. The highest BCUT2D eigenvalue weighted by Crippen LogP contribution is 2.29. The van der Waals surface area contributed by atoms with Crippen LogP contribution in [0.4, 0.5) is 5.69 Å². The van der Waals surface area contributed by atoms with E-state index in [2.05, 4.69) is 20.4 Å². The van der Waals surface area contributed by atoms with Crippen LogP contribution >= 0.6 is 11.6 Å². The van der Waals surface area contributed by atoms with E-state index in [4.69, 9.17) is 11.6 Å². The van der Waals surface area contributed by atoms with Gasteiger partial charge in [0.1, 0.15) is 11.0 Å². The van der Waals surface area contributed by atoms with E-state index in [0.717, 1.165) is 27.2 Å². The summed E-state index contributed by atoms with van der Waals surface area (Å²) in [5.41, 5.74) is 2.24. The van der Waals surface area contributed by atoms with Crippen molar-refractivity contribution in [3.8, 4) is 5.88 Å². The van der Waals surface area contributed by atoms with Crippen molar-refractivity contribution in [2.45, 2.75) is 0 Å². The zero-order valence-corrected chi connectivity index (χ0v) is 11.5. The first kappa shape index (κ1) is 12.1. The van der Waals surface area contributed by atoms with Crippen molar-refractivity contribution in [3.05, 3.63) is 57.6 Å². The second-order valence-corrected chi connectivity index (χ2v) is 5.20. The Morgan fingerprint density at radius 2 is 2.05 bits per heavy atom. The van der Waals surface area contributed by atoms with E-state index >= 15 is 0 Å². The van der Waals surface area contributed by atoms with E-state index in [9.17, 15) is 5.11 Å². The third-order valence-corrected chi connectivity index (χ3v) is 3.63. The average Bonchev–Trinajstić information content (AvgIpc) is 3.03. The summed E-state index contributed by atoms with van der Waals surface area (Å²) in [6, 6.07) is 11.1. The van der Waals surface area contributed by atoms with E-state index in [1.807, 2.05) is 30.3 Å². The monoisotopic (exact) mass is 296 g/mol. The first-order chi connectivity index (χ1) is 10.2. The molecular weight excluding hydrogens is 288 g/mol. The molecule has 2 N–H and O–H groups in total. The van der Waals surface area contributed by atoms with E-state index < -0.39 is 0 Å². The van der Waals surface area contributed by atoms with Crippen LogP contribution in [0, 0.1) is 0 Å². The zero-order valence-electron chi connectivity index (χ0n) is 10.7. The number of fused-ring (bicyclic) bond motifs is 2. The van der Waals surface area contributed by atoms with Crippen molar-refractivity contribution in [3.63, 3.8) is 0 Å². The number of hydrogen-bond donors (Lipinski definition) is 2. The highest BCUT2D eigenvalue weighted by Gasteiger charge is 2.09. The van der Waals surface area contributed by atoms with Crippen LogP contribution < -0.4 is 10.6 Å². The smallest absolute Gasteiger partial charge is 0.196 e. The second-order valence-electron chi connectivity index (χ2n) is 4.76. The molecule has 2 heterocycles. The van der Waals surface area contributed by atoms with Gasteiger partial charge in [0.05, 0.1) is 5.52 Å². The molecule has 21 heavy (non-hydrogen) atoms. The van der Waals surface area contributed by atoms with Crippen LogP contribution in [0.2, 0.25) is 5.02 Å². The van der Waals surface area contributed by atoms with Crippen molar-refractivity contribution < 1.29 is 5.11 Å². The number of aromatic hydroxyl groups is 1. The van der Waals surface area contributed by atoms with Gasteiger partial charge in [0.25, 0.3) is 0 Å².